The molecule has 8 nitrogen and oxygen atoms in total. The highest BCUT2D eigenvalue weighted by atomic mass is 16.4. The first kappa shape index (κ1) is 34.1. The number of rotatable bonds is 1. The molecule has 8 heteroatoms. The summed E-state index contributed by atoms with van der Waals surface area (Å²) in [4.78, 5) is 10.5. The van der Waals surface area contributed by atoms with E-state index in [1.54, 1.807) is 69.3 Å². The molecule has 0 aliphatic carbocycles. The number of carboxylic acids is 1. The topological polar surface area (TPSA) is 159 Å². The molecule has 4 aromatic rings. The van der Waals surface area contributed by atoms with Gasteiger partial charge in [-0.2, -0.15) is 0 Å². The van der Waals surface area contributed by atoms with Crippen LogP contribution in [0.2, 0.25) is 0 Å². The molecule has 0 fully saturated rings. The van der Waals surface area contributed by atoms with Crippen LogP contribution >= 0.6 is 0 Å². The molecule has 0 aromatic heterocycles. The molecule has 0 saturated carbocycles. The minimum Gasteiger partial charge on any atom is -0.508 e. The number of carbonyl (C=O) groups is 1. The van der Waals surface area contributed by atoms with Gasteiger partial charge in [0.25, 0.3) is 0 Å². The Balaban J connectivity index is 0.000000492. The lowest BCUT2D eigenvalue weighted by molar-refractivity contribution is 0.0693. The molecular formula is C31H38O8. The van der Waals surface area contributed by atoms with E-state index < -0.39 is 5.97 Å². The molecule has 39 heavy (non-hydrogen) atoms. The Morgan fingerprint density at radius 3 is 1.36 bits per heavy atom. The third-order valence-electron chi connectivity index (χ3n) is 5.01. The van der Waals surface area contributed by atoms with Gasteiger partial charge in [-0.15, -0.1) is 0 Å². The summed E-state index contributed by atoms with van der Waals surface area (Å²) in [7, 11) is 0. The predicted molar refractivity (Wildman–Crippen MR) is 153 cm³/mol. The second-order valence-electron chi connectivity index (χ2n) is 8.57. The van der Waals surface area contributed by atoms with Gasteiger partial charge in [0.2, 0.25) is 0 Å². The molecule has 0 aliphatic heterocycles. The van der Waals surface area contributed by atoms with Gasteiger partial charge in [-0.3, -0.25) is 0 Å². The Hall–Kier alpha value is -4.85. The highest BCUT2D eigenvalue weighted by molar-refractivity contribution is 5.92. The fourth-order valence-electron chi connectivity index (χ4n) is 3.12. The van der Waals surface area contributed by atoms with Gasteiger partial charge in [0.05, 0.1) is 0 Å². The van der Waals surface area contributed by atoms with Crippen LogP contribution in [0.3, 0.4) is 0 Å². The van der Waals surface area contributed by atoms with Crippen LogP contribution in [0.1, 0.15) is 45.6 Å². The van der Waals surface area contributed by atoms with Crippen LogP contribution in [0.25, 0.3) is 0 Å². The van der Waals surface area contributed by atoms with Crippen LogP contribution in [0.4, 0.5) is 0 Å². The van der Waals surface area contributed by atoms with E-state index in [4.69, 9.17) is 35.7 Å². The lowest BCUT2D eigenvalue weighted by Gasteiger charge is -2.01. The average molecular weight is 539 g/mol. The number of benzene rings is 4. The highest BCUT2D eigenvalue weighted by Crippen LogP contribution is 2.26. The van der Waals surface area contributed by atoms with Crippen molar-refractivity contribution in [2.45, 2.75) is 42.0 Å². The van der Waals surface area contributed by atoms with Crippen molar-refractivity contribution >= 4 is 5.97 Å². The summed E-state index contributed by atoms with van der Waals surface area (Å²) in [6.45, 7) is 8.88. The summed E-state index contributed by atoms with van der Waals surface area (Å²) in [5.74, 6) is -0.432. The molecule has 7 N–H and O–H groups in total. The maximum absolute atomic E-state index is 10.5. The first-order valence-electron chi connectivity index (χ1n) is 11.5. The van der Waals surface area contributed by atoms with Crippen LogP contribution < -0.4 is 0 Å². The van der Waals surface area contributed by atoms with Crippen molar-refractivity contribution in [2.75, 3.05) is 0 Å². The Morgan fingerprint density at radius 1 is 0.538 bits per heavy atom. The zero-order valence-corrected chi connectivity index (χ0v) is 22.0. The molecular weight excluding hydrogens is 500 g/mol. The molecule has 0 bridgehead atoms. The summed E-state index contributed by atoms with van der Waals surface area (Å²) in [6, 6.07) is 19.5. The summed E-state index contributed by atoms with van der Waals surface area (Å²) < 4.78 is 0. The van der Waals surface area contributed by atoms with Crippen LogP contribution in [-0.2, 0) is 0 Å². The quantitative estimate of drug-likeness (QED) is 0.138. The van der Waals surface area contributed by atoms with Crippen LogP contribution in [0.5, 0.6) is 34.5 Å². The normalized spacial score (nSPS) is 9.26. The maximum Gasteiger partial charge on any atom is 0.339 e. The van der Waals surface area contributed by atoms with Gasteiger partial charge in [0, 0.05) is 11.6 Å². The summed E-state index contributed by atoms with van der Waals surface area (Å²) in [5, 5.41) is 62.4. The lowest BCUT2D eigenvalue weighted by Crippen LogP contribution is -1.99. The maximum atomic E-state index is 10.5. The highest BCUT2D eigenvalue weighted by Gasteiger charge is 2.10. The van der Waals surface area contributed by atoms with Gasteiger partial charge in [0.15, 0.2) is 0 Å². The van der Waals surface area contributed by atoms with Crippen molar-refractivity contribution in [2.24, 2.45) is 0 Å². The van der Waals surface area contributed by atoms with Crippen molar-refractivity contribution in [3.05, 3.63) is 106 Å². The zero-order chi connectivity index (χ0) is 29.0. The first-order chi connectivity index (χ1) is 17.7. The third kappa shape index (κ3) is 12.3. The second-order valence-corrected chi connectivity index (χ2v) is 8.57. The number of aryl methyl sites for hydroxylation is 4. The van der Waals surface area contributed by atoms with Gasteiger partial charge in [0.1, 0.15) is 40.1 Å². The number of aromatic hydroxyl groups is 6. The van der Waals surface area contributed by atoms with E-state index in [9.17, 15) is 4.79 Å². The van der Waals surface area contributed by atoms with Crippen LogP contribution in [-0.4, -0.2) is 41.7 Å². The van der Waals surface area contributed by atoms with Crippen LogP contribution in [0, 0.1) is 34.6 Å². The molecule has 4 aromatic carbocycles. The summed E-state index contributed by atoms with van der Waals surface area (Å²) in [5.41, 5.74) is 3.88. The van der Waals surface area contributed by atoms with E-state index in [1.165, 1.54) is 12.1 Å². The molecule has 0 radical (unpaired) electrons. The second kappa shape index (κ2) is 16.1. The fourth-order valence-corrected chi connectivity index (χ4v) is 3.12. The summed E-state index contributed by atoms with van der Waals surface area (Å²) >= 11 is 0. The fraction of sp³-hybridized carbons (Fsp3) is 0.194. The van der Waals surface area contributed by atoms with Gasteiger partial charge < -0.3 is 35.7 Å². The molecule has 0 aliphatic rings. The zero-order valence-electron chi connectivity index (χ0n) is 22.0. The SMILES string of the molecule is C.Cc1cc(O)c(C)c(O)c1.Cc1cc(O)cc(O)c1.Cc1cccc(O)c1.Cc1cccc(O)c1C(=O)O. The van der Waals surface area contributed by atoms with Crippen LogP contribution in [0.15, 0.2) is 72.8 Å². The standard InChI is InChI=1S/C8H8O3.C8H10O2.C7H8O2.C7H8O.CH4/c1-5-3-2-4-6(9)7(5)8(10)11;1-5-3-7(9)6(2)8(10)4-5;1-5-2-6(8)4-7(9)3-5;1-6-3-2-4-7(8)5-6;/h2-4,9H,1H3,(H,10,11);3-4,9-10H,1-2H3;2-4,8-9H,1H3;2-5,8H,1H3;1H4. The molecule has 0 spiro atoms. The first-order valence-corrected chi connectivity index (χ1v) is 11.5. The Bertz CT molecular complexity index is 1250. The van der Waals surface area contributed by atoms with Crippen molar-refractivity contribution < 1.29 is 40.5 Å². The van der Waals surface area contributed by atoms with Gasteiger partial charge in [-0.05, 0) is 99.3 Å². The van der Waals surface area contributed by atoms with Crippen molar-refractivity contribution in [3.63, 3.8) is 0 Å². The van der Waals surface area contributed by atoms with E-state index in [2.05, 4.69) is 0 Å². The lowest BCUT2D eigenvalue weighted by atomic mass is 10.1. The molecule has 0 saturated heterocycles. The minimum atomic E-state index is -1.10. The van der Waals surface area contributed by atoms with Crippen molar-refractivity contribution in [1.29, 1.82) is 0 Å². The Morgan fingerprint density at radius 2 is 1.00 bits per heavy atom. The Labute approximate surface area is 229 Å². The van der Waals surface area contributed by atoms with Crippen molar-refractivity contribution in [3.8, 4) is 34.5 Å². The van der Waals surface area contributed by atoms with E-state index in [0.29, 0.717) is 16.9 Å². The third-order valence-corrected chi connectivity index (χ3v) is 5.01. The molecule has 0 unspecified atom stereocenters. The summed E-state index contributed by atoms with van der Waals surface area (Å²) in [6.07, 6.45) is 0. The number of hydrogen-bond donors (Lipinski definition) is 7. The van der Waals surface area contributed by atoms with Gasteiger partial charge in [-0.25, -0.2) is 4.79 Å². The number of carboxylic acid groups (broad SMARTS) is 1. The molecule has 4 rings (SSSR count). The Kier molecular flexibility index (Phi) is 14.1. The van der Waals surface area contributed by atoms with E-state index in [1.807, 2.05) is 26.0 Å². The van der Waals surface area contributed by atoms with Gasteiger partial charge in [-0.1, -0.05) is 31.7 Å². The number of phenolic OH excluding ortho intramolecular Hbond substituents is 5. The average Bonchev–Trinajstić information content (AvgIpc) is 2.77. The molecule has 0 amide bonds. The smallest absolute Gasteiger partial charge is 0.339 e. The van der Waals surface area contributed by atoms with Gasteiger partial charge >= 0.3 is 5.97 Å². The predicted octanol–water partition coefficient (Wildman–Crippen LogP) is 6.86. The van der Waals surface area contributed by atoms with E-state index in [0.717, 1.165) is 16.7 Å². The number of hydrogen-bond acceptors (Lipinski definition) is 7. The minimum absolute atomic E-state index is 0. The number of phenols is 6. The largest absolute Gasteiger partial charge is 0.508 e. The molecule has 210 valence electrons. The number of aromatic carboxylic acids is 1. The molecule has 0 atom stereocenters. The van der Waals surface area contributed by atoms with E-state index >= 15 is 0 Å². The molecule has 0 heterocycles. The van der Waals surface area contributed by atoms with Crippen molar-refractivity contribution in [1.82, 2.24) is 0 Å². The van der Waals surface area contributed by atoms with E-state index in [-0.39, 0.29) is 41.7 Å². The monoisotopic (exact) mass is 538 g/mol.